The zero-order chi connectivity index (χ0) is 11.7. The van der Waals surface area contributed by atoms with Gasteiger partial charge in [-0.1, -0.05) is 6.92 Å². The van der Waals surface area contributed by atoms with E-state index in [0.29, 0.717) is 12.6 Å². The molecule has 1 amide bonds. The van der Waals surface area contributed by atoms with Crippen molar-refractivity contribution < 1.29 is 14.6 Å². The summed E-state index contributed by atoms with van der Waals surface area (Å²) in [5, 5.41) is 11.0. The predicted molar refractivity (Wildman–Crippen MR) is 58.8 cm³/mol. The van der Waals surface area contributed by atoms with E-state index in [-0.39, 0.29) is 13.2 Å². The Balaban J connectivity index is 3.48. The zero-order valence-corrected chi connectivity index (χ0v) is 9.82. The lowest BCUT2D eigenvalue weighted by atomic mass is 10.2. The second-order valence-electron chi connectivity index (χ2n) is 3.52. The van der Waals surface area contributed by atoms with Crippen LogP contribution >= 0.6 is 0 Å². The van der Waals surface area contributed by atoms with Crippen molar-refractivity contribution in [3.8, 4) is 0 Å². The van der Waals surface area contributed by atoms with Crippen LogP contribution in [0.3, 0.4) is 0 Å². The first-order valence-corrected chi connectivity index (χ1v) is 5.33. The van der Waals surface area contributed by atoms with Crippen molar-refractivity contribution in [2.45, 2.75) is 26.3 Å². The maximum Gasteiger partial charge on any atom is 0.407 e. The number of nitrogens with one attached hydrogen (secondary N) is 1. The number of hydrogen-bond donors (Lipinski definition) is 2. The standard InChI is InChI=1S/C10H22N2O3/c1-4-9(2)12(3)6-5-11-10(14)15-8-7-13/h9,13H,4-8H2,1-3H3,(H,11,14). The first-order chi connectivity index (χ1) is 7.11. The Kier molecular flexibility index (Phi) is 8.04. The van der Waals surface area contributed by atoms with Gasteiger partial charge in [-0.2, -0.15) is 0 Å². The monoisotopic (exact) mass is 218 g/mol. The molecule has 0 spiro atoms. The molecule has 1 unspecified atom stereocenters. The summed E-state index contributed by atoms with van der Waals surface area (Å²) in [5.41, 5.74) is 0. The van der Waals surface area contributed by atoms with E-state index in [1.54, 1.807) is 0 Å². The zero-order valence-electron chi connectivity index (χ0n) is 9.82. The largest absolute Gasteiger partial charge is 0.447 e. The van der Waals surface area contributed by atoms with Crippen LogP contribution in [0.4, 0.5) is 4.79 Å². The van der Waals surface area contributed by atoms with Gasteiger partial charge < -0.3 is 20.1 Å². The highest BCUT2D eigenvalue weighted by Crippen LogP contribution is 1.97. The van der Waals surface area contributed by atoms with Gasteiger partial charge in [-0.05, 0) is 20.4 Å². The van der Waals surface area contributed by atoms with Crippen LogP contribution in [0.5, 0.6) is 0 Å². The Labute approximate surface area is 91.4 Å². The van der Waals surface area contributed by atoms with Crippen molar-refractivity contribution in [2.75, 3.05) is 33.4 Å². The molecule has 0 aromatic rings. The number of carbonyl (C=O) groups excluding carboxylic acids is 1. The molecule has 0 aliphatic heterocycles. The lowest BCUT2D eigenvalue weighted by molar-refractivity contribution is 0.118. The predicted octanol–water partition coefficient (Wildman–Crippen LogP) is 0.435. The van der Waals surface area contributed by atoms with Crippen LogP contribution in [0.2, 0.25) is 0 Å². The molecule has 2 N–H and O–H groups in total. The Morgan fingerprint density at radius 3 is 2.80 bits per heavy atom. The molecule has 0 aliphatic rings. The molecule has 5 nitrogen and oxygen atoms in total. The summed E-state index contributed by atoms with van der Waals surface area (Å²) < 4.78 is 4.64. The summed E-state index contributed by atoms with van der Waals surface area (Å²) in [6.45, 7) is 5.54. The van der Waals surface area contributed by atoms with Crippen LogP contribution in [0.15, 0.2) is 0 Å². The summed E-state index contributed by atoms with van der Waals surface area (Å²) in [6.07, 6.45) is 0.618. The van der Waals surface area contributed by atoms with E-state index in [0.717, 1.165) is 13.0 Å². The summed E-state index contributed by atoms with van der Waals surface area (Å²) in [7, 11) is 2.02. The second kappa shape index (κ2) is 8.49. The number of alkyl carbamates (subject to hydrolysis) is 1. The highest BCUT2D eigenvalue weighted by atomic mass is 16.6. The fourth-order valence-electron chi connectivity index (χ4n) is 1.06. The number of aliphatic hydroxyl groups excluding tert-OH is 1. The highest BCUT2D eigenvalue weighted by molar-refractivity contribution is 5.67. The van der Waals surface area contributed by atoms with E-state index >= 15 is 0 Å². The van der Waals surface area contributed by atoms with Gasteiger partial charge in [0.15, 0.2) is 0 Å². The van der Waals surface area contributed by atoms with Gasteiger partial charge in [-0.15, -0.1) is 0 Å². The molecule has 15 heavy (non-hydrogen) atoms. The van der Waals surface area contributed by atoms with Gasteiger partial charge in [-0.3, -0.25) is 0 Å². The van der Waals surface area contributed by atoms with Crippen LogP contribution in [0.25, 0.3) is 0 Å². The SMILES string of the molecule is CCC(C)N(C)CCNC(=O)OCCO. The summed E-state index contributed by atoms with van der Waals surface area (Å²) in [5.74, 6) is 0. The molecule has 0 radical (unpaired) electrons. The average Bonchev–Trinajstić information content (AvgIpc) is 2.24. The minimum atomic E-state index is -0.471. The third-order valence-corrected chi connectivity index (χ3v) is 2.40. The molecule has 0 rings (SSSR count). The number of amides is 1. The van der Waals surface area contributed by atoms with Gasteiger partial charge in [-0.25, -0.2) is 4.79 Å². The minimum absolute atomic E-state index is 0.0486. The van der Waals surface area contributed by atoms with Crippen molar-refractivity contribution in [1.29, 1.82) is 0 Å². The topological polar surface area (TPSA) is 61.8 Å². The molecule has 0 fully saturated rings. The van der Waals surface area contributed by atoms with E-state index in [1.807, 2.05) is 7.05 Å². The van der Waals surface area contributed by atoms with Gasteiger partial charge in [0.1, 0.15) is 6.61 Å². The van der Waals surface area contributed by atoms with Gasteiger partial charge in [0.05, 0.1) is 6.61 Å². The number of rotatable bonds is 7. The molecule has 0 heterocycles. The summed E-state index contributed by atoms with van der Waals surface area (Å²) in [4.78, 5) is 13.1. The van der Waals surface area contributed by atoms with E-state index in [9.17, 15) is 4.79 Å². The number of ether oxygens (including phenoxy) is 1. The Morgan fingerprint density at radius 2 is 2.27 bits per heavy atom. The van der Waals surface area contributed by atoms with Crippen LogP contribution in [0.1, 0.15) is 20.3 Å². The van der Waals surface area contributed by atoms with E-state index < -0.39 is 6.09 Å². The van der Waals surface area contributed by atoms with Gasteiger partial charge in [0.25, 0.3) is 0 Å². The first-order valence-electron chi connectivity index (χ1n) is 5.33. The summed E-state index contributed by atoms with van der Waals surface area (Å²) >= 11 is 0. The molecule has 0 aromatic carbocycles. The maximum atomic E-state index is 11.0. The number of nitrogens with zero attached hydrogens (tertiary/aromatic N) is 1. The second-order valence-corrected chi connectivity index (χ2v) is 3.52. The van der Waals surface area contributed by atoms with Gasteiger partial charge in [0, 0.05) is 19.1 Å². The third-order valence-electron chi connectivity index (χ3n) is 2.40. The van der Waals surface area contributed by atoms with Crippen molar-refractivity contribution in [3.05, 3.63) is 0 Å². The minimum Gasteiger partial charge on any atom is -0.447 e. The molecule has 5 heteroatoms. The third kappa shape index (κ3) is 7.16. The molecule has 0 saturated carbocycles. The lowest BCUT2D eigenvalue weighted by Crippen LogP contribution is -2.37. The van der Waals surface area contributed by atoms with Crippen LogP contribution in [0, 0.1) is 0 Å². The van der Waals surface area contributed by atoms with E-state index in [4.69, 9.17) is 5.11 Å². The smallest absolute Gasteiger partial charge is 0.407 e. The molecule has 0 saturated heterocycles. The normalized spacial score (nSPS) is 12.6. The van der Waals surface area contributed by atoms with Gasteiger partial charge in [0.2, 0.25) is 0 Å². The number of aliphatic hydroxyl groups is 1. The van der Waals surface area contributed by atoms with E-state index in [1.165, 1.54) is 0 Å². The molecular weight excluding hydrogens is 196 g/mol. The fourth-order valence-corrected chi connectivity index (χ4v) is 1.06. The fraction of sp³-hybridized carbons (Fsp3) is 0.900. The van der Waals surface area contributed by atoms with Crippen molar-refractivity contribution >= 4 is 6.09 Å². The average molecular weight is 218 g/mol. The van der Waals surface area contributed by atoms with Crippen LogP contribution in [-0.4, -0.2) is 55.5 Å². The van der Waals surface area contributed by atoms with Crippen LogP contribution in [-0.2, 0) is 4.74 Å². The number of likely N-dealkylation sites (N-methyl/N-ethyl adjacent to an activating group) is 1. The molecule has 0 aromatic heterocycles. The Hall–Kier alpha value is -0.810. The number of hydrogen-bond acceptors (Lipinski definition) is 4. The quantitative estimate of drug-likeness (QED) is 0.650. The number of carbonyl (C=O) groups is 1. The first kappa shape index (κ1) is 14.2. The lowest BCUT2D eigenvalue weighted by Gasteiger charge is -2.23. The van der Waals surface area contributed by atoms with E-state index in [2.05, 4.69) is 28.8 Å². The molecule has 1 atom stereocenters. The van der Waals surface area contributed by atoms with Crippen molar-refractivity contribution in [2.24, 2.45) is 0 Å². The van der Waals surface area contributed by atoms with Gasteiger partial charge >= 0.3 is 6.09 Å². The Bertz CT molecular complexity index is 176. The van der Waals surface area contributed by atoms with Crippen molar-refractivity contribution in [1.82, 2.24) is 10.2 Å². The summed E-state index contributed by atoms with van der Waals surface area (Å²) in [6, 6.07) is 0.514. The maximum absolute atomic E-state index is 11.0. The highest BCUT2D eigenvalue weighted by Gasteiger charge is 2.06. The molecule has 0 aliphatic carbocycles. The molecule has 90 valence electrons. The van der Waals surface area contributed by atoms with Crippen molar-refractivity contribution in [3.63, 3.8) is 0 Å². The molecular formula is C10H22N2O3. The molecule has 0 bridgehead atoms. The Morgan fingerprint density at radius 1 is 1.60 bits per heavy atom. The van der Waals surface area contributed by atoms with Crippen LogP contribution < -0.4 is 5.32 Å².